The summed E-state index contributed by atoms with van der Waals surface area (Å²) in [6.45, 7) is 4.73. The average Bonchev–Trinajstić information content (AvgIpc) is 3.09. The number of hydrogen-bond donors (Lipinski definition) is 2. The maximum Gasteiger partial charge on any atom is 0.322 e. The standard InChI is InChI=1S/C17H25N5O2/c1-13(23)19-14-6-5-11-22(12-14)17(24)20-15-7-4-8-18-16(15)21-9-2-3-10-21/h4,7-8,14H,2-3,5-6,9-12H2,1H3,(H,19,23)(H,20,24)/t14-/m0/s1. The molecule has 0 spiro atoms. The van der Waals surface area contributed by atoms with E-state index < -0.39 is 0 Å². The molecule has 130 valence electrons. The summed E-state index contributed by atoms with van der Waals surface area (Å²) >= 11 is 0. The van der Waals surface area contributed by atoms with E-state index in [1.807, 2.05) is 12.1 Å². The summed E-state index contributed by atoms with van der Waals surface area (Å²) in [5.74, 6) is 0.796. The predicted molar refractivity (Wildman–Crippen MR) is 93.1 cm³/mol. The minimum absolute atomic E-state index is 0.0361. The summed E-state index contributed by atoms with van der Waals surface area (Å²) in [4.78, 5) is 32.3. The molecule has 0 unspecified atom stereocenters. The third kappa shape index (κ3) is 3.96. The number of likely N-dealkylation sites (tertiary alicyclic amines) is 1. The van der Waals surface area contributed by atoms with Crippen LogP contribution in [0.5, 0.6) is 0 Å². The second kappa shape index (κ2) is 7.51. The summed E-state index contributed by atoms with van der Waals surface area (Å²) in [7, 11) is 0. The van der Waals surface area contributed by atoms with E-state index in [0.29, 0.717) is 13.1 Å². The van der Waals surface area contributed by atoms with Gasteiger partial charge in [-0.05, 0) is 37.8 Å². The van der Waals surface area contributed by atoms with Crippen LogP contribution in [0.4, 0.5) is 16.3 Å². The van der Waals surface area contributed by atoms with Crippen molar-refractivity contribution in [1.29, 1.82) is 0 Å². The molecule has 2 N–H and O–H groups in total. The lowest BCUT2D eigenvalue weighted by atomic mass is 10.1. The lowest BCUT2D eigenvalue weighted by molar-refractivity contribution is -0.119. The highest BCUT2D eigenvalue weighted by atomic mass is 16.2. The van der Waals surface area contributed by atoms with E-state index in [9.17, 15) is 9.59 Å². The number of rotatable bonds is 3. The fourth-order valence-electron chi connectivity index (χ4n) is 3.44. The molecule has 0 bridgehead atoms. The number of urea groups is 1. The first-order chi connectivity index (χ1) is 11.6. The topological polar surface area (TPSA) is 77.6 Å². The highest BCUT2D eigenvalue weighted by molar-refractivity contribution is 5.92. The molecule has 3 heterocycles. The van der Waals surface area contributed by atoms with Crippen molar-refractivity contribution in [1.82, 2.24) is 15.2 Å². The number of anilines is 2. The van der Waals surface area contributed by atoms with Gasteiger partial charge in [-0.25, -0.2) is 9.78 Å². The number of piperidine rings is 1. The van der Waals surface area contributed by atoms with E-state index in [1.54, 1.807) is 11.1 Å². The van der Waals surface area contributed by atoms with Gasteiger partial charge in [0.15, 0.2) is 5.82 Å². The Bertz CT molecular complexity index is 600. The van der Waals surface area contributed by atoms with Crippen LogP contribution in [-0.2, 0) is 4.79 Å². The van der Waals surface area contributed by atoms with Crippen LogP contribution in [0.25, 0.3) is 0 Å². The highest BCUT2D eigenvalue weighted by Crippen LogP contribution is 2.26. The molecule has 3 amide bonds. The maximum atomic E-state index is 12.6. The molecule has 2 fully saturated rings. The van der Waals surface area contributed by atoms with Crippen molar-refractivity contribution in [2.75, 3.05) is 36.4 Å². The smallest absolute Gasteiger partial charge is 0.322 e. The van der Waals surface area contributed by atoms with Crippen LogP contribution in [0.2, 0.25) is 0 Å². The lowest BCUT2D eigenvalue weighted by Gasteiger charge is -2.33. The molecule has 1 aromatic rings. The molecule has 1 aromatic heterocycles. The van der Waals surface area contributed by atoms with Crippen LogP contribution >= 0.6 is 0 Å². The Morgan fingerprint density at radius 1 is 1.21 bits per heavy atom. The first-order valence-electron chi connectivity index (χ1n) is 8.66. The van der Waals surface area contributed by atoms with Crippen molar-refractivity contribution in [3.8, 4) is 0 Å². The number of carbonyl (C=O) groups excluding carboxylic acids is 2. The van der Waals surface area contributed by atoms with Crippen molar-refractivity contribution < 1.29 is 9.59 Å². The van der Waals surface area contributed by atoms with Crippen LogP contribution in [0.15, 0.2) is 18.3 Å². The van der Waals surface area contributed by atoms with Crippen LogP contribution in [0, 0.1) is 0 Å². The van der Waals surface area contributed by atoms with E-state index in [4.69, 9.17) is 0 Å². The molecule has 1 atom stereocenters. The van der Waals surface area contributed by atoms with Crippen molar-refractivity contribution in [2.45, 2.75) is 38.6 Å². The quantitative estimate of drug-likeness (QED) is 0.885. The Morgan fingerprint density at radius 3 is 2.75 bits per heavy atom. The summed E-state index contributed by atoms with van der Waals surface area (Å²) in [5, 5.41) is 5.91. The van der Waals surface area contributed by atoms with Crippen LogP contribution in [0.3, 0.4) is 0 Å². The number of nitrogens with zero attached hydrogens (tertiary/aromatic N) is 3. The number of hydrogen-bond acceptors (Lipinski definition) is 4. The Hall–Kier alpha value is -2.31. The van der Waals surface area contributed by atoms with E-state index >= 15 is 0 Å². The molecule has 0 radical (unpaired) electrons. The predicted octanol–water partition coefficient (Wildman–Crippen LogP) is 1.81. The first kappa shape index (κ1) is 16.5. The normalized spacial score (nSPS) is 20.8. The number of amides is 3. The SMILES string of the molecule is CC(=O)N[C@H]1CCCN(C(=O)Nc2cccnc2N2CCCC2)C1. The number of aromatic nitrogens is 1. The van der Waals surface area contributed by atoms with E-state index in [1.165, 1.54) is 6.92 Å². The van der Waals surface area contributed by atoms with Gasteiger partial charge in [-0.3, -0.25) is 4.79 Å². The molecule has 7 nitrogen and oxygen atoms in total. The Balaban J connectivity index is 1.65. The largest absolute Gasteiger partial charge is 0.355 e. The van der Waals surface area contributed by atoms with Gasteiger partial charge < -0.3 is 20.4 Å². The molecular weight excluding hydrogens is 306 g/mol. The maximum absolute atomic E-state index is 12.6. The van der Waals surface area contributed by atoms with Crippen molar-refractivity contribution in [3.05, 3.63) is 18.3 Å². The van der Waals surface area contributed by atoms with Gasteiger partial charge in [0.2, 0.25) is 5.91 Å². The minimum Gasteiger partial charge on any atom is -0.355 e. The second-order valence-corrected chi connectivity index (χ2v) is 6.48. The fraction of sp³-hybridized carbons (Fsp3) is 0.588. The van der Waals surface area contributed by atoms with Crippen LogP contribution in [-0.4, -0.2) is 54.0 Å². The monoisotopic (exact) mass is 331 g/mol. The Labute approximate surface area is 142 Å². The zero-order chi connectivity index (χ0) is 16.9. The number of pyridine rings is 1. The van der Waals surface area contributed by atoms with Crippen LogP contribution in [0.1, 0.15) is 32.6 Å². The van der Waals surface area contributed by atoms with Crippen molar-refractivity contribution in [3.63, 3.8) is 0 Å². The Kier molecular flexibility index (Phi) is 5.17. The van der Waals surface area contributed by atoms with Gasteiger partial charge in [0.05, 0.1) is 5.69 Å². The summed E-state index contributed by atoms with van der Waals surface area (Å²) in [6.07, 6.45) is 5.89. The van der Waals surface area contributed by atoms with Gasteiger partial charge in [-0.1, -0.05) is 0 Å². The van der Waals surface area contributed by atoms with E-state index in [2.05, 4.69) is 20.5 Å². The Morgan fingerprint density at radius 2 is 2.00 bits per heavy atom. The molecule has 7 heteroatoms. The first-order valence-corrected chi connectivity index (χ1v) is 8.66. The summed E-state index contributed by atoms with van der Waals surface area (Å²) in [5.41, 5.74) is 0.756. The summed E-state index contributed by atoms with van der Waals surface area (Å²) in [6, 6.07) is 3.65. The molecule has 2 aliphatic heterocycles. The molecule has 0 saturated carbocycles. The molecular formula is C17H25N5O2. The average molecular weight is 331 g/mol. The highest BCUT2D eigenvalue weighted by Gasteiger charge is 2.25. The molecule has 0 aliphatic carbocycles. The zero-order valence-electron chi connectivity index (χ0n) is 14.1. The van der Waals surface area contributed by atoms with Gasteiger partial charge in [0.25, 0.3) is 0 Å². The van der Waals surface area contributed by atoms with Crippen LogP contribution < -0.4 is 15.5 Å². The summed E-state index contributed by atoms with van der Waals surface area (Å²) < 4.78 is 0. The van der Waals surface area contributed by atoms with E-state index in [0.717, 1.165) is 50.3 Å². The van der Waals surface area contributed by atoms with Gasteiger partial charge >= 0.3 is 6.03 Å². The fourth-order valence-corrected chi connectivity index (χ4v) is 3.44. The van der Waals surface area contributed by atoms with Gasteiger partial charge in [-0.15, -0.1) is 0 Å². The minimum atomic E-state index is -0.126. The van der Waals surface area contributed by atoms with Gasteiger partial charge in [0, 0.05) is 45.3 Å². The molecule has 2 aliphatic rings. The third-order valence-electron chi connectivity index (χ3n) is 4.55. The van der Waals surface area contributed by atoms with Crippen molar-refractivity contribution in [2.24, 2.45) is 0 Å². The van der Waals surface area contributed by atoms with E-state index in [-0.39, 0.29) is 18.0 Å². The zero-order valence-corrected chi connectivity index (χ0v) is 14.1. The van der Waals surface area contributed by atoms with Gasteiger partial charge in [-0.2, -0.15) is 0 Å². The molecule has 2 saturated heterocycles. The lowest BCUT2D eigenvalue weighted by Crippen LogP contribution is -2.50. The molecule has 0 aromatic carbocycles. The molecule has 24 heavy (non-hydrogen) atoms. The van der Waals surface area contributed by atoms with Gasteiger partial charge in [0.1, 0.15) is 0 Å². The number of carbonyl (C=O) groups is 2. The third-order valence-corrected chi connectivity index (χ3v) is 4.55. The second-order valence-electron chi connectivity index (χ2n) is 6.48. The molecule has 3 rings (SSSR count). The number of nitrogens with one attached hydrogen (secondary N) is 2. The van der Waals surface area contributed by atoms with Crippen molar-refractivity contribution >= 4 is 23.4 Å².